The average molecular weight is 1200 g/mol. The van der Waals surface area contributed by atoms with Gasteiger partial charge < -0.3 is 21.7 Å². The SMILES string of the molecule is CC.CC.CC(=O)c1nc2ccccc2s1.CN(C)C=CC(=O)c1nc2ccccc2s1.CON(C)C(C)=O.Cc1cc(C)cc(N=C(N)N)c1.Cc1cc(C)cc(Nc2nccc(-c3nc4ccccc4s3)n2)c1.c1ccc2scnc2c1. The van der Waals surface area contributed by atoms with Crippen LogP contribution in [-0.4, -0.2) is 91.6 Å². The zero-order valence-corrected chi connectivity index (χ0v) is 53.3. The lowest BCUT2D eigenvalue weighted by atomic mass is 10.1. The maximum absolute atomic E-state index is 11.8. The third-order valence-corrected chi connectivity index (χ3v) is 14.7. The number of hydroxylamine groups is 2. The monoisotopic (exact) mass is 1200 g/mol. The van der Waals surface area contributed by atoms with Crippen LogP contribution in [0.4, 0.5) is 17.3 Å². The largest absolute Gasteiger partial charge is 0.383 e. The van der Waals surface area contributed by atoms with Gasteiger partial charge in [-0.25, -0.2) is 40.0 Å². The van der Waals surface area contributed by atoms with Gasteiger partial charge in [0.25, 0.3) is 0 Å². The summed E-state index contributed by atoms with van der Waals surface area (Å²) in [7, 11) is 6.76. The van der Waals surface area contributed by atoms with E-state index in [1.165, 1.54) is 65.5 Å². The molecule has 6 aromatic carbocycles. The summed E-state index contributed by atoms with van der Waals surface area (Å²) >= 11 is 6.19. The van der Waals surface area contributed by atoms with Gasteiger partial charge in [0.1, 0.15) is 10.7 Å². The number of benzene rings is 6. The predicted molar refractivity (Wildman–Crippen MR) is 355 cm³/mol. The molecular weight excluding hydrogens is 1130 g/mol. The van der Waals surface area contributed by atoms with E-state index >= 15 is 0 Å². The van der Waals surface area contributed by atoms with Gasteiger partial charge in [0, 0.05) is 59.2 Å². The number of thiazole rings is 4. The molecule has 0 atom stereocenters. The van der Waals surface area contributed by atoms with Crippen molar-refractivity contribution >= 4 is 127 Å². The number of carbonyl (C=O) groups is 3. The van der Waals surface area contributed by atoms with Crippen LogP contribution in [0.1, 0.15) is 83.4 Å². The number of ketones is 2. The fourth-order valence-corrected chi connectivity index (χ4v) is 10.4. The standard InChI is InChI=1S/C19H16N4S.C12H12N2OS.C9H13N3.C9H7NOS.C7H5NS.C4H9NO2.2C2H6/c1-12-9-13(2)11-14(10-12)21-19-20-8-7-16(23-19)18-22-15-5-3-4-6-17(15)24-18;1-14(2)8-7-10(15)12-13-9-5-3-4-6-11(9)16-12;1-6-3-7(2)5-8(4-6)12-9(10)11;1-6(11)9-10-7-4-2-3-5-8(7)12-9;1-2-4-7-6(3-1)8-5-9-7;1-4(6)5(2)7-3;2*1-2/h3-11H,1-2H3,(H,20,21,23);3-8H,1-2H3;3-5H,1-2H3,(H4,10,11,12);2-5H,1H3;1-5H;1-3H3;2*1-2H3. The van der Waals surface area contributed by atoms with E-state index < -0.39 is 0 Å². The number of aryl methyl sites for hydroxylation is 4. The van der Waals surface area contributed by atoms with Crippen LogP contribution in [0.15, 0.2) is 169 Å². The number of aromatic nitrogens is 6. The van der Waals surface area contributed by atoms with E-state index in [0.717, 1.165) is 74.4 Å². The minimum absolute atomic E-state index is 0.0381. The Morgan fingerprint density at radius 1 is 0.583 bits per heavy atom. The van der Waals surface area contributed by atoms with Crippen molar-refractivity contribution in [2.24, 2.45) is 16.5 Å². The van der Waals surface area contributed by atoms with Crippen molar-refractivity contribution in [1.82, 2.24) is 39.9 Å². The molecule has 438 valence electrons. The number of hydrogen-bond donors (Lipinski definition) is 3. The molecule has 0 unspecified atom stereocenters. The number of para-hydroxylation sites is 4. The highest BCUT2D eigenvalue weighted by molar-refractivity contribution is 7.21. The maximum Gasteiger partial charge on any atom is 0.242 e. The number of nitrogens with two attached hydrogens (primary N) is 2. The quantitative estimate of drug-likeness (QED) is 0.0402. The molecule has 1 amide bonds. The second kappa shape index (κ2) is 35.4. The summed E-state index contributed by atoms with van der Waals surface area (Å²) in [6, 6.07) is 45.9. The summed E-state index contributed by atoms with van der Waals surface area (Å²) < 4.78 is 4.54. The summed E-state index contributed by atoms with van der Waals surface area (Å²) in [6.07, 6.45) is 5.03. The third-order valence-electron chi connectivity index (χ3n) is 10.7. The number of hydrogen-bond acceptors (Lipinski definition) is 17. The minimum Gasteiger partial charge on any atom is -0.383 e. The molecule has 16 nitrogen and oxygen atoms in total. The highest BCUT2D eigenvalue weighted by Gasteiger charge is 2.11. The molecule has 5 N–H and O–H groups in total. The van der Waals surface area contributed by atoms with Gasteiger partial charge in [0.15, 0.2) is 21.8 Å². The van der Waals surface area contributed by atoms with Gasteiger partial charge in [-0.15, -0.1) is 45.3 Å². The number of nitrogens with zero attached hydrogens (tertiary/aromatic N) is 9. The minimum atomic E-state index is -0.0949. The van der Waals surface area contributed by atoms with Crippen molar-refractivity contribution < 1.29 is 19.2 Å². The van der Waals surface area contributed by atoms with E-state index in [-0.39, 0.29) is 23.4 Å². The summed E-state index contributed by atoms with van der Waals surface area (Å²) in [5.74, 6) is 0.574. The molecule has 20 heteroatoms. The maximum atomic E-state index is 11.8. The van der Waals surface area contributed by atoms with Gasteiger partial charge >= 0.3 is 0 Å². The number of guanidine groups is 1. The lowest BCUT2D eigenvalue weighted by Crippen LogP contribution is -2.21. The Bertz CT molecular complexity index is 3730. The normalized spacial score (nSPS) is 10.0. The summed E-state index contributed by atoms with van der Waals surface area (Å²) in [5.41, 5.74) is 23.6. The Hall–Kier alpha value is -8.66. The van der Waals surface area contributed by atoms with Crippen LogP contribution in [0.5, 0.6) is 0 Å². The van der Waals surface area contributed by atoms with Crippen LogP contribution in [0.25, 0.3) is 51.6 Å². The summed E-state index contributed by atoms with van der Waals surface area (Å²) in [5, 5.41) is 6.48. The number of anilines is 2. The Morgan fingerprint density at radius 2 is 1.06 bits per heavy atom. The number of aliphatic imine (C=N–C) groups is 1. The Kier molecular flexibility index (Phi) is 28.6. The van der Waals surface area contributed by atoms with Gasteiger partial charge in [-0.1, -0.05) is 88.4 Å². The highest BCUT2D eigenvalue weighted by atomic mass is 32.1. The molecule has 84 heavy (non-hydrogen) atoms. The van der Waals surface area contributed by atoms with Crippen LogP contribution < -0.4 is 16.8 Å². The Balaban J connectivity index is 0.000000223. The van der Waals surface area contributed by atoms with Crippen LogP contribution in [0, 0.1) is 27.7 Å². The molecular formula is C64H74N12O4S4. The van der Waals surface area contributed by atoms with Crippen LogP contribution in [-0.2, 0) is 9.63 Å². The van der Waals surface area contributed by atoms with Crippen LogP contribution in [0.2, 0.25) is 0 Å². The van der Waals surface area contributed by atoms with Crippen molar-refractivity contribution in [2.45, 2.75) is 69.2 Å². The number of rotatable bonds is 9. The number of carbonyl (C=O) groups excluding carboxylic acids is 3. The van der Waals surface area contributed by atoms with Crippen molar-refractivity contribution in [3.8, 4) is 10.7 Å². The number of allylic oxidation sites excluding steroid dienone is 1. The van der Waals surface area contributed by atoms with Gasteiger partial charge in [0.05, 0.1) is 59.2 Å². The van der Waals surface area contributed by atoms with Crippen molar-refractivity contribution in [3.63, 3.8) is 0 Å². The summed E-state index contributed by atoms with van der Waals surface area (Å²) in [6.45, 7) is 19.2. The molecule has 5 aromatic heterocycles. The third kappa shape index (κ3) is 22.6. The Morgan fingerprint density at radius 3 is 1.52 bits per heavy atom. The zero-order chi connectivity index (χ0) is 61.7. The van der Waals surface area contributed by atoms with Gasteiger partial charge in [0.2, 0.25) is 17.6 Å². The Labute approximate surface area is 508 Å². The molecule has 0 spiro atoms. The van der Waals surface area contributed by atoms with Gasteiger partial charge in [-0.05, 0) is 129 Å². The lowest BCUT2D eigenvalue weighted by molar-refractivity contribution is -0.165. The molecule has 0 aliphatic heterocycles. The number of amides is 1. The number of Topliss-reactive ketones (excluding diaryl/α,β-unsaturated/α-hetero) is 1. The molecule has 0 saturated carbocycles. The summed E-state index contributed by atoms with van der Waals surface area (Å²) in [4.78, 5) is 69.4. The number of fused-ring (bicyclic) bond motifs is 4. The second-order valence-corrected chi connectivity index (χ2v) is 21.8. The number of nitrogens with one attached hydrogen (secondary N) is 1. The van der Waals surface area contributed by atoms with E-state index in [2.05, 4.69) is 95.3 Å². The molecule has 0 fully saturated rings. The first-order valence-electron chi connectivity index (χ1n) is 26.7. The smallest absolute Gasteiger partial charge is 0.242 e. The van der Waals surface area contributed by atoms with Gasteiger partial charge in [-0.3, -0.25) is 19.2 Å². The van der Waals surface area contributed by atoms with Crippen molar-refractivity contribution in [2.75, 3.05) is 33.6 Å². The van der Waals surface area contributed by atoms with Crippen LogP contribution in [0.3, 0.4) is 0 Å². The first-order chi connectivity index (χ1) is 40.3. The lowest BCUT2D eigenvalue weighted by Gasteiger charge is -2.08. The molecule has 0 bridgehead atoms. The van der Waals surface area contributed by atoms with E-state index in [1.807, 2.05) is 169 Å². The van der Waals surface area contributed by atoms with E-state index in [0.29, 0.717) is 16.0 Å². The fraction of sp³-hybridized carbons (Fsp3) is 0.219. The molecule has 0 aliphatic rings. The first kappa shape index (κ1) is 67.8. The van der Waals surface area contributed by atoms with Crippen molar-refractivity contribution in [1.29, 1.82) is 0 Å². The molecule has 11 rings (SSSR count). The topological polar surface area (TPSA) is 221 Å². The van der Waals surface area contributed by atoms with E-state index in [9.17, 15) is 14.4 Å². The van der Waals surface area contributed by atoms with E-state index in [4.69, 9.17) is 11.5 Å². The molecule has 0 aliphatic carbocycles. The first-order valence-corrected chi connectivity index (χ1v) is 30.1. The fourth-order valence-electron chi connectivity index (χ4n) is 7.08. The highest BCUT2D eigenvalue weighted by Crippen LogP contribution is 2.30. The molecule has 0 saturated heterocycles. The zero-order valence-electron chi connectivity index (χ0n) is 50.0. The second-order valence-electron chi connectivity index (χ2n) is 17.8. The predicted octanol–water partition coefficient (Wildman–Crippen LogP) is 15.8. The molecule has 11 aromatic rings. The molecule has 0 radical (unpaired) electrons. The van der Waals surface area contributed by atoms with Crippen molar-refractivity contribution in [3.05, 3.63) is 196 Å². The molecule has 5 heterocycles. The van der Waals surface area contributed by atoms with E-state index in [1.54, 1.807) is 42.1 Å². The van der Waals surface area contributed by atoms with Crippen LogP contribution >= 0.6 is 45.3 Å². The van der Waals surface area contributed by atoms with Gasteiger partial charge in [-0.2, -0.15) is 0 Å². The average Bonchev–Trinajstić information content (AvgIpc) is 4.36.